The summed E-state index contributed by atoms with van der Waals surface area (Å²) >= 11 is 0. The van der Waals surface area contributed by atoms with Crippen LogP contribution < -0.4 is 5.73 Å². The Hall–Kier alpha value is -1.48. The Morgan fingerprint density at radius 3 is 2.67 bits per heavy atom. The summed E-state index contributed by atoms with van der Waals surface area (Å²) in [6.07, 6.45) is 0. The number of nitrogens with zero attached hydrogens (tertiary/aromatic N) is 2. The zero-order valence-electron chi connectivity index (χ0n) is 9.49. The molecule has 3 heteroatoms. The molecule has 0 fully saturated rings. The van der Waals surface area contributed by atoms with Crippen molar-refractivity contribution in [2.24, 2.45) is 7.05 Å². The molecule has 1 heterocycles. The van der Waals surface area contributed by atoms with Crippen LogP contribution in [0, 0.1) is 0 Å². The number of hydrogen-bond acceptors (Lipinski definition) is 2. The normalized spacial score (nSPS) is 11.5. The quantitative estimate of drug-likeness (QED) is 0.755. The lowest BCUT2D eigenvalue weighted by Crippen LogP contribution is -2.13. The van der Waals surface area contributed by atoms with Crippen LogP contribution in [0.4, 0.5) is 5.69 Å². The smallest absolute Gasteiger partial charge is 0.0500 e. The molecular weight excluding hydrogens is 186 g/mol. The SMILES string of the molecule is CN(C)Cc1cc2ccc(N)cc2n1C. The van der Waals surface area contributed by atoms with Crippen LogP contribution in [0.25, 0.3) is 10.9 Å². The fraction of sp³-hybridized carbons (Fsp3) is 0.333. The zero-order chi connectivity index (χ0) is 11.0. The lowest BCUT2D eigenvalue weighted by Gasteiger charge is -2.10. The maximum Gasteiger partial charge on any atom is 0.0500 e. The average Bonchev–Trinajstić information content (AvgIpc) is 2.44. The number of rotatable bonds is 2. The van der Waals surface area contributed by atoms with E-state index in [1.165, 1.54) is 16.6 Å². The van der Waals surface area contributed by atoms with Gasteiger partial charge in [-0.15, -0.1) is 0 Å². The van der Waals surface area contributed by atoms with Gasteiger partial charge in [0.05, 0.1) is 5.52 Å². The molecule has 0 spiro atoms. The summed E-state index contributed by atoms with van der Waals surface area (Å²) in [5.41, 5.74) is 9.11. The van der Waals surface area contributed by atoms with Crippen LogP contribution >= 0.6 is 0 Å². The van der Waals surface area contributed by atoms with E-state index in [1.54, 1.807) is 0 Å². The highest BCUT2D eigenvalue weighted by Gasteiger charge is 2.06. The Kier molecular flexibility index (Phi) is 2.40. The lowest BCUT2D eigenvalue weighted by molar-refractivity contribution is 0.392. The van der Waals surface area contributed by atoms with E-state index in [1.807, 2.05) is 12.1 Å². The average molecular weight is 203 g/mol. The number of fused-ring (bicyclic) bond motifs is 1. The molecule has 0 bridgehead atoms. The Morgan fingerprint density at radius 2 is 2.00 bits per heavy atom. The highest BCUT2D eigenvalue weighted by molar-refractivity contribution is 5.84. The molecule has 3 nitrogen and oxygen atoms in total. The third-order valence-corrected chi connectivity index (χ3v) is 2.65. The first-order valence-corrected chi connectivity index (χ1v) is 5.06. The number of aromatic nitrogens is 1. The second-order valence-corrected chi connectivity index (χ2v) is 4.25. The van der Waals surface area contributed by atoms with Crippen molar-refractivity contribution in [3.05, 3.63) is 30.0 Å². The van der Waals surface area contributed by atoms with Crippen molar-refractivity contribution in [1.82, 2.24) is 9.47 Å². The lowest BCUT2D eigenvalue weighted by atomic mass is 10.2. The van der Waals surface area contributed by atoms with Gasteiger partial charge in [-0.2, -0.15) is 0 Å². The van der Waals surface area contributed by atoms with Gasteiger partial charge in [0.15, 0.2) is 0 Å². The van der Waals surface area contributed by atoms with E-state index in [-0.39, 0.29) is 0 Å². The van der Waals surface area contributed by atoms with Crippen molar-refractivity contribution in [1.29, 1.82) is 0 Å². The van der Waals surface area contributed by atoms with Gasteiger partial charge in [0.2, 0.25) is 0 Å². The standard InChI is InChI=1S/C12H17N3/c1-14(2)8-11-6-9-4-5-10(13)7-12(9)15(11)3/h4-7H,8,13H2,1-3H3. The van der Waals surface area contributed by atoms with Crippen molar-refractivity contribution in [2.75, 3.05) is 19.8 Å². The first-order chi connectivity index (χ1) is 7.08. The molecule has 2 N–H and O–H groups in total. The summed E-state index contributed by atoms with van der Waals surface area (Å²) in [5.74, 6) is 0. The van der Waals surface area contributed by atoms with Gasteiger partial charge in [-0.05, 0) is 32.3 Å². The summed E-state index contributed by atoms with van der Waals surface area (Å²) in [7, 11) is 6.23. The molecule has 0 amide bonds. The highest BCUT2D eigenvalue weighted by Crippen LogP contribution is 2.21. The molecule has 0 atom stereocenters. The molecule has 0 aliphatic rings. The number of anilines is 1. The van der Waals surface area contributed by atoms with Gasteiger partial charge in [-0.25, -0.2) is 0 Å². The number of benzene rings is 1. The Balaban J connectivity index is 2.54. The molecule has 1 aromatic heterocycles. The van der Waals surface area contributed by atoms with Crippen molar-refractivity contribution in [3.8, 4) is 0 Å². The number of aryl methyl sites for hydroxylation is 1. The van der Waals surface area contributed by atoms with Gasteiger partial charge < -0.3 is 15.2 Å². The molecule has 2 aromatic rings. The molecule has 0 unspecified atom stereocenters. The molecule has 1 aromatic carbocycles. The minimum Gasteiger partial charge on any atom is -0.399 e. The second-order valence-electron chi connectivity index (χ2n) is 4.25. The fourth-order valence-electron chi connectivity index (χ4n) is 1.88. The summed E-state index contributed by atoms with van der Waals surface area (Å²) in [6.45, 7) is 0.949. The summed E-state index contributed by atoms with van der Waals surface area (Å²) in [5, 5.41) is 1.25. The predicted octanol–water partition coefficient (Wildman–Crippen LogP) is 1.82. The van der Waals surface area contributed by atoms with Crippen molar-refractivity contribution in [2.45, 2.75) is 6.54 Å². The molecule has 0 saturated carbocycles. The predicted molar refractivity (Wildman–Crippen MR) is 64.7 cm³/mol. The molecule has 0 aliphatic heterocycles. The van der Waals surface area contributed by atoms with Crippen LogP contribution in [0.1, 0.15) is 5.69 Å². The Morgan fingerprint density at radius 1 is 1.27 bits per heavy atom. The highest BCUT2D eigenvalue weighted by atomic mass is 15.1. The zero-order valence-corrected chi connectivity index (χ0v) is 9.49. The third kappa shape index (κ3) is 1.83. The number of hydrogen-bond donors (Lipinski definition) is 1. The van der Waals surface area contributed by atoms with E-state index in [2.05, 4.69) is 42.7 Å². The van der Waals surface area contributed by atoms with E-state index in [0.29, 0.717) is 0 Å². The van der Waals surface area contributed by atoms with Crippen LogP contribution in [-0.2, 0) is 13.6 Å². The minimum atomic E-state index is 0.820. The molecule has 0 aliphatic carbocycles. The van der Waals surface area contributed by atoms with Crippen LogP contribution in [-0.4, -0.2) is 23.6 Å². The van der Waals surface area contributed by atoms with Crippen molar-refractivity contribution in [3.63, 3.8) is 0 Å². The van der Waals surface area contributed by atoms with Crippen LogP contribution in [0.15, 0.2) is 24.3 Å². The summed E-state index contributed by atoms with van der Waals surface area (Å²) in [4.78, 5) is 2.16. The molecule has 0 saturated heterocycles. The third-order valence-electron chi connectivity index (χ3n) is 2.65. The van der Waals surface area contributed by atoms with Gasteiger partial charge in [0.25, 0.3) is 0 Å². The van der Waals surface area contributed by atoms with E-state index < -0.39 is 0 Å². The van der Waals surface area contributed by atoms with Crippen LogP contribution in [0.5, 0.6) is 0 Å². The number of nitrogen functional groups attached to an aromatic ring is 1. The molecule has 15 heavy (non-hydrogen) atoms. The van der Waals surface area contributed by atoms with Crippen molar-refractivity contribution < 1.29 is 0 Å². The van der Waals surface area contributed by atoms with Gasteiger partial charge in [0.1, 0.15) is 0 Å². The largest absolute Gasteiger partial charge is 0.399 e. The van der Waals surface area contributed by atoms with Crippen LogP contribution in [0.2, 0.25) is 0 Å². The molecule has 2 rings (SSSR count). The van der Waals surface area contributed by atoms with E-state index in [4.69, 9.17) is 5.73 Å². The van der Waals surface area contributed by atoms with Gasteiger partial charge in [0, 0.05) is 30.4 Å². The van der Waals surface area contributed by atoms with Gasteiger partial charge >= 0.3 is 0 Å². The number of nitrogens with two attached hydrogens (primary N) is 1. The van der Waals surface area contributed by atoms with Crippen molar-refractivity contribution >= 4 is 16.6 Å². The minimum absolute atomic E-state index is 0.820. The maximum absolute atomic E-state index is 5.78. The molecule has 80 valence electrons. The fourth-order valence-corrected chi connectivity index (χ4v) is 1.88. The first kappa shape index (κ1) is 10.1. The van der Waals surface area contributed by atoms with E-state index in [9.17, 15) is 0 Å². The molecule has 0 radical (unpaired) electrons. The summed E-state index contributed by atoms with van der Waals surface area (Å²) in [6, 6.07) is 8.26. The Labute approximate surface area is 90.1 Å². The summed E-state index contributed by atoms with van der Waals surface area (Å²) < 4.78 is 2.20. The monoisotopic (exact) mass is 203 g/mol. The second kappa shape index (κ2) is 3.59. The van der Waals surface area contributed by atoms with Crippen LogP contribution in [0.3, 0.4) is 0 Å². The van der Waals surface area contributed by atoms with E-state index >= 15 is 0 Å². The Bertz CT molecular complexity index is 483. The molecular formula is C12H17N3. The van der Waals surface area contributed by atoms with E-state index in [0.717, 1.165) is 12.2 Å². The first-order valence-electron chi connectivity index (χ1n) is 5.06. The van der Waals surface area contributed by atoms with Gasteiger partial charge in [-0.3, -0.25) is 0 Å². The van der Waals surface area contributed by atoms with Gasteiger partial charge in [-0.1, -0.05) is 6.07 Å². The maximum atomic E-state index is 5.78. The topological polar surface area (TPSA) is 34.2 Å².